The van der Waals surface area contributed by atoms with Crippen LogP contribution in [0.4, 0.5) is 0 Å². The Bertz CT molecular complexity index is 881. The van der Waals surface area contributed by atoms with Crippen molar-refractivity contribution in [3.8, 4) is 0 Å². The second kappa shape index (κ2) is 9.68. The van der Waals surface area contributed by atoms with Crippen molar-refractivity contribution in [1.29, 1.82) is 0 Å². The summed E-state index contributed by atoms with van der Waals surface area (Å²) in [6.07, 6.45) is 0.968. The van der Waals surface area contributed by atoms with Crippen molar-refractivity contribution in [2.24, 2.45) is 5.11 Å². The lowest BCUT2D eigenvalue weighted by atomic mass is 10.1. The van der Waals surface area contributed by atoms with Gasteiger partial charge in [0, 0.05) is 23.4 Å². The molecule has 0 bridgehead atoms. The van der Waals surface area contributed by atoms with Crippen LogP contribution >= 0.6 is 7.92 Å². The number of hydrogen-bond donors (Lipinski definition) is 0. The van der Waals surface area contributed by atoms with Crippen LogP contribution in [0.2, 0.25) is 0 Å². The van der Waals surface area contributed by atoms with Crippen LogP contribution in [0.15, 0.2) is 90.0 Å². The first kappa shape index (κ1) is 18.8. The molecular weight excluding hydrogens is 353 g/mol. The lowest BCUT2D eigenvalue weighted by Gasteiger charge is -2.19. The minimum atomic E-state index is -0.660. The lowest BCUT2D eigenvalue weighted by molar-refractivity contribution is 0.0981. The van der Waals surface area contributed by atoms with Gasteiger partial charge < -0.3 is 0 Å². The molecule has 0 fully saturated rings. The summed E-state index contributed by atoms with van der Waals surface area (Å²) in [7, 11) is -0.660. The number of hydrogen-bond acceptors (Lipinski definition) is 2. The smallest absolute Gasteiger partial charge is 0.162 e. The van der Waals surface area contributed by atoms with Gasteiger partial charge in [0.25, 0.3) is 0 Å². The largest absolute Gasteiger partial charge is 0.294 e. The van der Waals surface area contributed by atoms with Crippen molar-refractivity contribution >= 4 is 29.6 Å². The van der Waals surface area contributed by atoms with E-state index in [-0.39, 0.29) is 5.78 Å². The Labute approximate surface area is 160 Å². The van der Waals surface area contributed by atoms with Crippen LogP contribution in [-0.2, 0) is 0 Å². The Hall–Kier alpha value is -2.93. The average Bonchev–Trinajstić information content (AvgIpc) is 2.73. The molecule has 0 saturated carbocycles. The Morgan fingerprint density at radius 2 is 1.33 bits per heavy atom. The van der Waals surface area contributed by atoms with Crippen LogP contribution in [0, 0.1) is 0 Å². The molecule has 0 aliphatic rings. The number of rotatable bonds is 8. The summed E-state index contributed by atoms with van der Waals surface area (Å²) < 4.78 is 0. The van der Waals surface area contributed by atoms with E-state index in [1.807, 2.05) is 24.3 Å². The zero-order valence-corrected chi connectivity index (χ0v) is 15.8. The number of carbonyl (C=O) groups is 1. The molecular formula is C22H20N3OP. The molecule has 0 aliphatic carbocycles. The molecule has 134 valence electrons. The average molecular weight is 373 g/mol. The maximum atomic E-state index is 12.3. The fourth-order valence-electron chi connectivity index (χ4n) is 2.90. The Morgan fingerprint density at radius 3 is 1.85 bits per heavy atom. The molecule has 0 amide bonds. The normalized spacial score (nSPS) is 10.4. The SMILES string of the molecule is [N-]=[N+]=NCCCC(=O)c1ccc(P(c2ccccc2)c2ccccc2)cc1. The van der Waals surface area contributed by atoms with E-state index in [0.717, 1.165) is 0 Å². The quantitative estimate of drug-likeness (QED) is 0.141. The first-order chi connectivity index (χ1) is 13.3. The predicted molar refractivity (Wildman–Crippen MR) is 113 cm³/mol. The molecule has 0 N–H and O–H groups in total. The van der Waals surface area contributed by atoms with Gasteiger partial charge in [-0.3, -0.25) is 4.79 Å². The first-order valence-corrected chi connectivity index (χ1v) is 10.2. The minimum absolute atomic E-state index is 0.0819. The van der Waals surface area contributed by atoms with E-state index in [0.29, 0.717) is 24.9 Å². The molecule has 3 aromatic rings. The number of carbonyl (C=O) groups excluding carboxylic acids is 1. The van der Waals surface area contributed by atoms with E-state index >= 15 is 0 Å². The van der Waals surface area contributed by atoms with Crippen molar-refractivity contribution in [3.63, 3.8) is 0 Å². The van der Waals surface area contributed by atoms with E-state index in [4.69, 9.17) is 5.53 Å². The van der Waals surface area contributed by atoms with Crippen molar-refractivity contribution < 1.29 is 4.79 Å². The van der Waals surface area contributed by atoms with Crippen LogP contribution in [0.3, 0.4) is 0 Å². The van der Waals surface area contributed by atoms with Crippen molar-refractivity contribution in [2.75, 3.05) is 6.54 Å². The summed E-state index contributed by atoms with van der Waals surface area (Å²) in [4.78, 5) is 15.0. The third kappa shape index (κ3) is 5.04. The van der Waals surface area contributed by atoms with Gasteiger partial charge in [-0.1, -0.05) is 90.0 Å². The summed E-state index contributed by atoms with van der Waals surface area (Å²) in [5.41, 5.74) is 9.00. The van der Waals surface area contributed by atoms with Gasteiger partial charge in [-0.25, -0.2) is 0 Å². The fourth-order valence-corrected chi connectivity index (χ4v) is 5.18. The zero-order chi connectivity index (χ0) is 18.9. The van der Waals surface area contributed by atoms with E-state index in [1.165, 1.54) is 15.9 Å². The van der Waals surface area contributed by atoms with Crippen LogP contribution in [-0.4, -0.2) is 12.3 Å². The summed E-state index contributed by atoms with van der Waals surface area (Å²) >= 11 is 0. The molecule has 3 aromatic carbocycles. The third-order valence-electron chi connectivity index (χ3n) is 4.20. The highest BCUT2D eigenvalue weighted by Gasteiger charge is 2.16. The number of nitrogens with zero attached hydrogens (tertiary/aromatic N) is 3. The van der Waals surface area contributed by atoms with E-state index in [2.05, 4.69) is 70.7 Å². The molecule has 0 spiro atoms. The molecule has 0 aliphatic heterocycles. The minimum Gasteiger partial charge on any atom is -0.294 e. The van der Waals surface area contributed by atoms with E-state index in [1.54, 1.807) is 0 Å². The monoisotopic (exact) mass is 373 g/mol. The molecule has 27 heavy (non-hydrogen) atoms. The van der Waals surface area contributed by atoms with Gasteiger partial charge >= 0.3 is 0 Å². The summed E-state index contributed by atoms with van der Waals surface area (Å²) in [5.74, 6) is 0.0819. The van der Waals surface area contributed by atoms with Gasteiger partial charge in [-0.05, 0) is 35.8 Å². The Kier molecular flexibility index (Phi) is 6.76. The highest BCUT2D eigenvalue weighted by Crippen LogP contribution is 2.32. The van der Waals surface area contributed by atoms with Gasteiger partial charge in [0.2, 0.25) is 0 Å². The maximum absolute atomic E-state index is 12.3. The zero-order valence-electron chi connectivity index (χ0n) is 14.9. The van der Waals surface area contributed by atoms with Crippen molar-refractivity contribution in [1.82, 2.24) is 0 Å². The summed E-state index contributed by atoms with van der Waals surface area (Å²) in [6, 6.07) is 28.9. The lowest BCUT2D eigenvalue weighted by Crippen LogP contribution is -2.20. The van der Waals surface area contributed by atoms with Gasteiger partial charge in [-0.2, -0.15) is 0 Å². The van der Waals surface area contributed by atoms with E-state index < -0.39 is 7.92 Å². The molecule has 0 heterocycles. The summed E-state index contributed by atoms with van der Waals surface area (Å²) in [5, 5.41) is 7.26. The molecule has 0 saturated heterocycles. The van der Waals surface area contributed by atoms with Crippen LogP contribution in [0.1, 0.15) is 23.2 Å². The molecule has 0 atom stereocenters. The third-order valence-corrected chi connectivity index (χ3v) is 6.65. The first-order valence-electron chi connectivity index (χ1n) is 8.84. The number of azide groups is 1. The van der Waals surface area contributed by atoms with Crippen LogP contribution < -0.4 is 15.9 Å². The molecule has 0 aromatic heterocycles. The van der Waals surface area contributed by atoms with Crippen molar-refractivity contribution in [3.05, 3.63) is 101 Å². The number of ketones is 1. The van der Waals surface area contributed by atoms with Gasteiger partial charge in [0.1, 0.15) is 0 Å². The molecule has 0 radical (unpaired) electrons. The van der Waals surface area contributed by atoms with E-state index in [9.17, 15) is 4.79 Å². The highest BCUT2D eigenvalue weighted by molar-refractivity contribution is 7.79. The molecule has 3 rings (SSSR count). The standard InChI is InChI=1S/C22H20N3OP/c23-25-24-17-7-12-22(26)18-13-15-21(16-14-18)27(19-8-3-1-4-9-19)20-10-5-2-6-11-20/h1-6,8-11,13-16H,7,12,17H2. The Balaban J connectivity index is 1.84. The summed E-state index contributed by atoms with van der Waals surface area (Å²) in [6.45, 7) is 0.355. The molecule has 0 unspecified atom stereocenters. The highest BCUT2D eigenvalue weighted by atomic mass is 31.1. The second-order valence-electron chi connectivity index (χ2n) is 6.03. The predicted octanol–water partition coefficient (Wildman–Crippen LogP) is 4.72. The topological polar surface area (TPSA) is 65.8 Å². The van der Waals surface area contributed by atoms with Crippen LogP contribution in [0.5, 0.6) is 0 Å². The van der Waals surface area contributed by atoms with Gasteiger partial charge in [0.15, 0.2) is 5.78 Å². The second-order valence-corrected chi connectivity index (χ2v) is 8.25. The Morgan fingerprint density at radius 1 is 0.815 bits per heavy atom. The van der Waals surface area contributed by atoms with Crippen molar-refractivity contribution in [2.45, 2.75) is 12.8 Å². The molecule has 4 nitrogen and oxygen atoms in total. The maximum Gasteiger partial charge on any atom is 0.162 e. The van der Waals surface area contributed by atoms with Gasteiger partial charge in [0.05, 0.1) is 0 Å². The van der Waals surface area contributed by atoms with Crippen LogP contribution in [0.25, 0.3) is 10.4 Å². The van der Waals surface area contributed by atoms with Gasteiger partial charge in [-0.15, -0.1) is 0 Å². The fraction of sp³-hybridized carbons (Fsp3) is 0.136. The number of Topliss-reactive ketones (excluding diaryl/α,β-unsaturated/α-hetero) is 1. The number of benzene rings is 3. The molecule has 5 heteroatoms.